The third-order valence-corrected chi connectivity index (χ3v) is 5.47. The number of hydrogen-bond acceptors (Lipinski definition) is 2. The zero-order chi connectivity index (χ0) is 18.5. The number of benzene rings is 4. The van der Waals surface area contributed by atoms with E-state index < -0.39 is 0 Å². The Labute approximate surface area is 156 Å². The highest BCUT2D eigenvalue weighted by atomic mass is 16.5. The maximum atomic E-state index is 12.1. The number of rotatable bonds is 2. The number of nitrogens with zero attached hydrogens (tertiary/aromatic N) is 1. The van der Waals surface area contributed by atoms with Crippen molar-refractivity contribution in [2.24, 2.45) is 0 Å². The Morgan fingerprint density at radius 1 is 0.852 bits per heavy atom. The van der Waals surface area contributed by atoms with Crippen LogP contribution in [0.15, 0.2) is 66.7 Å². The number of aromatic nitrogens is 1. The molecule has 1 heterocycles. The van der Waals surface area contributed by atoms with Gasteiger partial charge in [-0.1, -0.05) is 54.6 Å². The van der Waals surface area contributed by atoms with Crippen molar-refractivity contribution in [1.29, 1.82) is 0 Å². The second-order valence-corrected chi connectivity index (χ2v) is 6.78. The minimum atomic E-state index is -0.306. The number of methoxy groups -OCH3 is 1. The fourth-order valence-corrected chi connectivity index (χ4v) is 4.34. The first-order valence-electron chi connectivity index (χ1n) is 9.18. The molecule has 3 nitrogen and oxygen atoms in total. The molecular weight excluding hydrogens is 334 g/mol. The lowest BCUT2D eigenvalue weighted by Crippen LogP contribution is -2.01. The van der Waals surface area contributed by atoms with Gasteiger partial charge in [-0.2, -0.15) is 0 Å². The minimum absolute atomic E-state index is 0.306. The summed E-state index contributed by atoms with van der Waals surface area (Å²) in [5.74, 6) is -0.306. The highest BCUT2D eigenvalue weighted by molar-refractivity contribution is 6.31. The summed E-state index contributed by atoms with van der Waals surface area (Å²) in [6, 6.07) is 23.0. The van der Waals surface area contributed by atoms with Gasteiger partial charge in [0.2, 0.25) is 0 Å². The first kappa shape index (κ1) is 15.9. The lowest BCUT2D eigenvalue weighted by Gasteiger charge is -2.10. The van der Waals surface area contributed by atoms with E-state index >= 15 is 0 Å². The van der Waals surface area contributed by atoms with Crippen molar-refractivity contribution >= 4 is 49.3 Å². The van der Waals surface area contributed by atoms with Crippen LogP contribution in [-0.2, 0) is 11.3 Å². The summed E-state index contributed by atoms with van der Waals surface area (Å²) < 4.78 is 7.24. The smallest absolute Gasteiger partial charge is 0.337 e. The third kappa shape index (κ3) is 2.12. The summed E-state index contributed by atoms with van der Waals surface area (Å²) in [5, 5.41) is 7.41. The van der Waals surface area contributed by atoms with Crippen LogP contribution in [0.2, 0.25) is 0 Å². The van der Waals surface area contributed by atoms with Crippen LogP contribution >= 0.6 is 0 Å². The van der Waals surface area contributed by atoms with Crippen LogP contribution in [0.1, 0.15) is 17.3 Å². The first-order chi connectivity index (χ1) is 13.2. The van der Waals surface area contributed by atoms with E-state index in [9.17, 15) is 4.79 Å². The average molecular weight is 353 g/mol. The minimum Gasteiger partial charge on any atom is -0.465 e. The number of carbonyl (C=O) groups is 1. The monoisotopic (exact) mass is 353 g/mol. The van der Waals surface area contributed by atoms with E-state index in [4.69, 9.17) is 4.74 Å². The van der Waals surface area contributed by atoms with Gasteiger partial charge in [0, 0.05) is 28.2 Å². The van der Waals surface area contributed by atoms with Gasteiger partial charge in [0.05, 0.1) is 18.2 Å². The highest BCUT2D eigenvalue weighted by Crippen LogP contribution is 2.40. The highest BCUT2D eigenvalue weighted by Gasteiger charge is 2.18. The molecule has 0 radical (unpaired) electrons. The maximum absolute atomic E-state index is 12.1. The Kier molecular flexibility index (Phi) is 3.44. The fraction of sp³-hybridized carbons (Fsp3) is 0.125. The van der Waals surface area contributed by atoms with Crippen molar-refractivity contribution in [2.75, 3.05) is 7.11 Å². The predicted molar refractivity (Wildman–Crippen MR) is 111 cm³/mol. The van der Waals surface area contributed by atoms with Crippen molar-refractivity contribution in [3.8, 4) is 0 Å². The van der Waals surface area contributed by atoms with Crippen molar-refractivity contribution in [1.82, 2.24) is 4.57 Å². The topological polar surface area (TPSA) is 31.2 Å². The van der Waals surface area contributed by atoms with Gasteiger partial charge in [-0.05, 0) is 35.2 Å². The SMILES string of the molecule is CCn1c2cc(C(=O)OC)ccc2c2c3ccccc3c3ccccc3c21. The largest absolute Gasteiger partial charge is 0.465 e. The summed E-state index contributed by atoms with van der Waals surface area (Å²) in [6.45, 7) is 2.97. The molecule has 27 heavy (non-hydrogen) atoms. The van der Waals surface area contributed by atoms with Gasteiger partial charge in [-0.3, -0.25) is 0 Å². The molecule has 0 amide bonds. The van der Waals surface area contributed by atoms with Crippen molar-refractivity contribution in [3.05, 3.63) is 72.3 Å². The molecule has 0 saturated carbocycles. The average Bonchev–Trinajstić information content (AvgIpc) is 3.07. The van der Waals surface area contributed by atoms with E-state index in [1.54, 1.807) is 0 Å². The van der Waals surface area contributed by atoms with Crippen LogP contribution in [0.5, 0.6) is 0 Å². The van der Waals surface area contributed by atoms with Crippen LogP contribution < -0.4 is 0 Å². The molecule has 0 aliphatic rings. The second-order valence-electron chi connectivity index (χ2n) is 6.78. The van der Waals surface area contributed by atoms with Gasteiger partial charge in [-0.15, -0.1) is 0 Å². The van der Waals surface area contributed by atoms with Gasteiger partial charge in [0.15, 0.2) is 0 Å². The fourth-order valence-electron chi connectivity index (χ4n) is 4.34. The predicted octanol–water partition coefficient (Wildman–Crippen LogP) is 5.91. The molecule has 132 valence electrons. The van der Waals surface area contributed by atoms with Crippen LogP contribution in [0, 0.1) is 0 Å². The lowest BCUT2D eigenvalue weighted by molar-refractivity contribution is 0.0601. The molecule has 4 aromatic carbocycles. The molecular formula is C24H19NO2. The van der Waals surface area contributed by atoms with Crippen LogP contribution in [-0.4, -0.2) is 17.6 Å². The van der Waals surface area contributed by atoms with Crippen LogP contribution in [0.3, 0.4) is 0 Å². The van der Waals surface area contributed by atoms with E-state index in [0.717, 1.165) is 12.1 Å². The zero-order valence-corrected chi connectivity index (χ0v) is 15.3. The second kappa shape index (κ2) is 5.85. The molecule has 0 unspecified atom stereocenters. The molecule has 0 aliphatic carbocycles. The van der Waals surface area contributed by atoms with Crippen LogP contribution in [0.25, 0.3) is 43.4 Å². The number of ether oxygens (including phenoxy) is 1. The molecule has 1 aromatic heterocycles. The molecule has 0 fully saturated rings. The summed E-state index contributed by atoms with van der Waals surface area (Å²) in [5.41, 5.74) is 2.87. The van der Waals surface area contributed by atoms with Gasteiger partial charge >= 0.3 is 5.97 Å². The van der Waals surface area contributed by atoms with Gasteiger partial charge in [0.25, 0.3) is 0 Å². The van der Waals surface area contributed by atoms with E-state index in [-0.39, 0.29) is 5.97 Å². The number of esters is 1. The molecule has 0 atom stereocenters. The van der Waals surface area contributed by atoms with E-state index in [1.807, 2.05) is 12.1 Å². The Bertz CT molecular complexity index is 1360. The third-order valence-electron chi connectivity index (χ3n) is 5.47. The molecule has 5 aromatic rings. The molecule has 0 saturated heterocycles. The summed E-state index contributed by atoms with van der Waals surface area (Å²) in [7, 11) is 1.42. The normalized spacial score (nSPS) is 11.6. The van der Waals surface area contributed by atoms with E-state index in [0.29, 0.717) is 5.56 Å². The maximum Gasteiger partial charge on any atom is 0.337 e. The van der Waals surface area contributed by atoms with E-state index in [2.05, 4.69) is 66.1 Å². The molecule has 3 heteroatoms. The Morgan fingerprint density at radius 2 is 1.48 bits per heavy atom. The summed E-state index contributed by atoms with van der Waals surface area (Å²) in [4.78, 5) is 12.1. The first-order valence-corrected chi connectivity index (χ1v) is 9.18. The van der Waals surface area contributed by atoms with Gasteiger partial charge in [-0.25, -0.2) is 4.79 Å². The molecule has 0 aliphatic heterocycles. The summed E-state index contributed by atoms with van der Waals surface area (Å²) in [6.07, 6.45) is 0. The van der Waals surface area contributed by atoms with Crippen molar-refractivity contribution < 1.29 is 9.53 Å². The lowest BCUT2D eigenvalue weighted by atomic mass is 9.96. The number of hydrogen-bond donors (Lipinski definition) is 0. The number of aryl methyl sites for hydroxylation is 1. The molecule has 5 rings (SSSR count). The van der Waals surface area contributed by atoms with Gasteiger partial charge in [0.1, 0.15) is 0 Å². The molecule has 0 N–H and O–H groups in total. The Balaban J connectivity index is 2.09. The van der Waals surface area contributed by atoms with Crippen molar-refractivity contribution in [2.45, 2.75) is 13.5 Å². The standard InChI is InChI=1S/C24H19NO2/c1-3-25-21-14-15(24(26)27-2)12-13-20(21)22-18-10-6-4-8-16(18)17-9-5-7-11-19(17)23(22)25/h4-14H,3H2,1-2H3. The van der Waals surface area contributed by atoms with E-state index in [1.165, 1.54) is 44.9 Å². The number of fused-ring (bicyclic) bond motifs is 8. The Hall–Kier alpha value is -3.33. The van der Waals surface area contributed by atoms with Crippen LogP contribution in [0.4, 0.5) is 0 Å². The van der Waals surface area contributed by atoms with Gasteiger partial charge < -0.3 is 9.30 Å². The summed E-state index contributed by atoms with van der Waals surface area (Å²) >= 11 is 0. The number of carbonyl (C=O) groups excluding carboxylic acids is 1. The van der Waals surface area contributed by atoms with Crippen molar-refractivity contribution in [3.63, 3.8) is 0 Å². The zero-order valence-electron chi connectivity index (χ0n) is 15.3. The molecule has 0 bridgehead atoms. The quantitative estimate of drug-likeness (QED) is 0.292. The Morgan fingerprint density at radius 3 is 2.15 bits per heavy atom. The molecule has 0 spiro atoms.